The number of carboxylic acid groups (broad SMARTS) is 1. The number of anilines is 1. The minimum absolute atomic E-state index is 0.279. The number of aliphatic carboxylic acids is 1. The predicted molar refractivity (Wildman–Crippen MR) is 50.0 cm³/mol. The molecule has 2 rings (SSSR count). The Bertz CT molecular complexity index is 328. The molecule has 2 heterocycles. The summed E-state index contributed by atoms with van der Waals surface area (Å²) < 4.78 is 0. The lowest BCUT2D eigenvalue weighted by atomic mass is 10.1. The standard InChI is InChI=1S/C9H11N3O2/c13-8(14)7-2-5-12(6-7)9-10-3-1-4-11-9/h1,3-4,7H,2,5-6H2,(H,13,14)/t7-/m1/s1. The summed E-state index contributed by atoms with van der Waals surface area (Å²) in [6.07, 6.45) is 4.00. The minimum atomic E-state index is -0.733. The van der Waals surface area contributed by atoms with E-state index in [-0.39, 0.29) is 5.92 Å². The van der Waals surface area contributed by atoms with Gasteiger partial charge < -0.3 is 10.0 Å². The summed E-state index contributed by atoms with van der Waals surface area (Å²) in [6, 6.07) is 1.74. The van der Waals surface area contributed by atoms with Crippen molar-refractivity contribution in [1.82, 2.24) is 9.97 Å². The van der Waals surface area contributed by atoms with Crippen LogP contribution in [0.5, 0.6) is 0 Å². The fourth-order valence-electron chi connectivity index (χ4n) is 1.60. The van der Waals surface area contributed by atoms with Gasteiger partial charge in [-0.3, -0.25) is 4.79 Å². The van der Waals surface area contributed by atoms with Gasteiger partial charge in [0.15, 0.2) is 0 Å². The highest BCUT2D eigenvalue weighted by Gasteiger charge is 2.28. The van der Waals surface area contributed by atoms with Gasteiger partial charge in [-0.1, -0.05) is 0 Å². The molecule has 5 nitrogen and oxygen atoms in total. The second kappa shape index (κ2) is 3.61. The Morgan fingerprint density at radius 2 is 2.21 bits per heavy atom. The van der Waals surface area contributed by atoms with E-state index in [4.69, 9.17) is 5.11 Å². The maximum atomic E-state index is 10.7. The third kappa shape index (κ3) is 1.66. The Kier molecular flexibility index (Phi) is 2.30. The summed E-state index contributed by atoms with van der Waals surface area (Å²) in [5, 5.41) is 8.81. The van der Waals surface area contributed by atoms with Gasteiger partial charge in [-0.2, -0.15) is 0 Å². The molecule has 0 aliphatic carbocycles. The molecule has 0 saturated carbocycles. The Morgan fingerprint density at radius 1 is 1.50 bits per heavy atom. The topological polar surface area (TPSA) is 66.3 Å². The van der Waals surface area contributed by atoms with Crippen molar-refractivity contribution in [2.45, 2.75) is 6.42 Å². The maximum Gasteiger partial charge on any atom is 0.308 e. The van der Waals surface area contributed by atoms with Gasteiger partial charge in [0.1, 0.15) is 0 Å². The molecule has 0 bridgehead atoms. The Balaban J connectivity index is 2.06. The van der Waals surface area contributed by atoms with Crippen LogP contribution in [0.1, 0.15) is 6.42 Å². The molecule has 1 aromatic heterocycles. The Labute approximate surface area is 81.4 Å². The lowest BCUT2D eigenvalue weighted by molar-refractivity contribution is -0.140. The van der Waals surface area contributed by atoms with Crippen LogP contribution in [0.15, 0.2) is 18.5 Å². The Hall–Kier alpha value is -1.65. The van der Waals surface area contributed by atoms with Gasteiger partial charge in [0.05, 0.1) is 5.92 Å². The largest absolute Gasteiger partial charge is 0.481 e. The van der Waals surface area contributed by atoms with Gasteiger partial charge in [-0.05, 0) is 12.5 Å². The average molecular weight is 193 g/mol. The first-order chi connectivity index (χ1) is 6.77. The number of nitrogens with zero attached hydrogens (tertiary/aromatic N) is 3. The maximum absolute atomic E-state index is 10.7. The molecule has 1 atom stereocenters. The number of hydrogen-bond acceptors (Lipinski definition) is 4. The molecule has 1 saturated heterocycles. The van der Waals surface area contributed by atoms with Crippen molar-refractivity contribution in [3.63, 3.8) is 0 Å². The normalized spacial score (nSPS) is 21.1. The first-order valence-electron chi connectivity index (χ1n) is 4.52. The number of carbonyl (C=O) groups is 1. The summed E-state index contributed by atoms with van der Waals surface area (Å²) in [7, 11) is 0. The van der Waals surface area contributed by atoms with E-state index < -0.39 is 5.97 Å². The van der Waals surface area contributed by atoms with Crippen LogP contribution in [0.2, 0.25) is 0 Å². The van der Waals surface area contributed by atoms with Crippen LogP contribution in [0.25, 0.3) is 0 Å². The lowest BCUT2D eigenvalue weighted by Crippen LogP contribution is -2.24. The van der Waals surface area contributed by atoms with Crippen LogP contribution >= 0.6 is 0 Å². The molecular weight excluding hydrogens is 182 g/mol. The van der Waals surface area contributed by atoms with Crippen molar-refractivity contribution in [1.29, 1.82) is 0 Å². The summed E-state index contributed by atoms with van der Waals surface area (Å²) in [5.41, 5.74) is 0. The molecule has 1 fully saturated rings. The monoisotopic (exact) mass is 193 g/mol. The smallest absolute Gasteiger partial charge is 0.308 e. The highest BCUT2D eigenvalue weighted by atomic mass is 16.4. The molecule has 1 aliphatic heterocycles. The molecule has 0 amide bonds. The highest BCUT2D eigenvalue weighted by Crippen LogP contribution is 2.19. The van der Waals surface area contributed by atoms with E-state index in [1.54, 1.807) is 18.5 Å². The van der Waals surface area contributed by atoms with Gasteiger partial charge in [-0.25, -0.2) is 9.97 Å². The lowest BCUT2D eigenvalue weighted by Gasteiger charge is -2.14. The quantitative estimate of drug-likeness (QED) is 0.735. The molecule has 0 aromatic carbocycles. The number of rotatable bonds is 2. The molecular formula is C9H11N3O2. The van der Waals surface area contributed by atoms with Crippen LogP contribution in [-0.4, -0.2) is 34.1 Å². The summed E-state index contributed by atoms with van der Waals surface area (Å²) in [6.45, 7) is 1.24. The van der Waals surface area contributed by atoms with E-state index in [1.807, 2.05) is 4.90 Å². The van der Waals surface area contributed by atoms with Crippen molar-refractivity contribution in [3.8, 4) is 0 Å². The predicted octanol–water partition coefficient (Wildman–Crippen LogP) is 0.387. The zero-order valence-electron chi connectivity index (χ0n) is 7.63. The second-order valence-corrected chi connectivity index (χ2v) is 3.32. The number of aromatic nitrogens is 2. The molecule has 74 valence electrons. The minimum Gasteiger partial charge on any atom is -0.481 e. The van der Waals surface area contributed by atoms with Gasteiger partial charge in [-0.15, -0.1) is 0 Å². The molecule has 1 aromatic rings. The van der Waals surface area contributed by atoms with E-state index in [0.29, 0.717) is 18.9 Å². The molecule has 14 heavy (non-hydrogen) atoms. The van der Waals surface area contributed by atoms with Crippen LogP contribution < -0.4 is 4.90 Å². The fourth-order valence-corrected chi connectivity index (χ4v) is 1.60. The number of carboxylic acids is 1. The molecule has 1 N–H and O–H groups in total. The third-order valence-electron chi connectivity index (χ3n) is 2.37. The van der Waals surface area contributed by atoms with Crippen molar-refractivity contribution < 1.29 is 9.90 Å². The van der Waals surface area contributed by atoms with Crippen molar-refractivity contribution in [3.05, 3.63) is 18.5 Å². The number of hydrogen-bond donors (Lipinski definition) is 1. The van der Waals surface area contributed by atoms with E-state index in [1.165, 1.54) is 0 Å². The molecule has 1 aliphatic rings. The van der Waals surface area contributed by atoms with Crippen molar-refractivity contribution in [2.75, 3.05) is 18.0 Å². The first-order valence-corrected chi connectivity index (χ1v) is 4.52. The van der Waals surface area contributed by atoms with E-state index in [0.717, 1.165) is 6.54 Å². The SMILES string of the molecule is O=C(O)[C@@H]1CCN(c2ncccn2)C1. The second-order valence-electron chi connectivity index (χ2n) is 3.32. The van der Waals surface area contributed by atoms with E-state index in [2.05, 4.69) is 9.97 Å². The van der Waals surface area contributed by atoms with Gasteiger partial charge in [0, 0.05) is 25.5 Å². The summed E-state index contributed by atoms with van der Waals surface area (Å²) in [5.74, 6) is -0.390. The molecule has 0 unspecified atom stereocenters. The molecule has 5 heteroatoms. The fraction of sp³-hybridized carbons (Fsp3) is 0.444. The zero-order valence-corrected chi connectivity index (χ0v) is 7.63. The Morgan fingerprint density at radius 3 is 2.79 bits per heavy atom. The van der Waals surface area contributed by atoms with Crippen LogP contribution in [0.4, 0.5) is 5.95 Å². The van der Waals surface area contributed by atoms with Crippen LogP contribution in [-0.2, 0) is 4.79 Å². The van der Waals surface area contributed by atoms with E-state index in [9.17, 15) is 4.79 Å². The van der Waals surface area contributed by atoms with E-state index >= 15 is 0 Å². The highest BCUT2D eigenvalue weighted by molar-refractivity contribution is 5.71. The summed E-state index contributed by atoms with van der Waals surface area (Å²) >= 11 is 0. The van der Waals surface area contributed by atoms with Crippen molar-refractivity contribution >= 4 is 11.9 Å². The average Bonchev–Trinajstić information content (AvgIpc) is 2.68. The van der Waals surface area contributed by atoms with Crippen molar-refractivity contribution in [2.24, 2.45) is 5.92 Å². The van der Waals surface area contributed by atoms with Crippen LogP contribution in [0.3, 0.4) is 0 Å². The summed E-state index contributed by atoms with van der Waals surface area (Å²) in [4.78, 5) is 20.8. The zero-order chi connectivity index (χ0) is 9.97. The van der Waals surface area contributed by atoms with Gasteiger partial charge in [0.2, 0.25) is 5.95 Å². The third-order valence-corrected chi connectivity index (χ3v) is 2.37. The first kappa shape index (κ1) is 8.93. The molecule has 0 radical (unpaired) electrons. The van der Waals surface area contributed by atoms with Gasteiger partial charge >= 0.3 is 5.97 Å². The van der Waals surface area contributed by atoms with Gasteiger partial charge in [0.25, 0.3) is 0 Å². The molecule has 0 spiro atoms. The van der Waals surface area contributed by atoms with Crippen LogP contribution in [0, 0.1) is 5.92 Å².